The van der Waals surface area contributed by atoms with E-state index < -0.39 is 11.6 Å². The minimum absolute atomic E-state index is 0.000993. The molecule has 0 aliphatic carbocycles. The van der Waals surface area contributed by atoms with E-state index in [1.54, 1.807) is 6.07 Å². The van der Waals surface area contributed by atoms with Crippen LogP contribution in [0.4, 0.5) is 14.5 Å². The quantitative estimate of drug-likeness (QED) is 0.877. The van der Waals surface area contributed by atoms with Crippen LogP contribution in [0.1, 0.15) is 18.4 Å². The molecule has 1 fully saturated rings. The number of hydrogen-bond donors (Lipinski definition) is 1. The lowest BCUT2D eigenvalue weighted by atomic mass is 10.0. The van der Waals surface area contributed by atoms with E-state index in [1.807, 2.05) is 7.05 Å². The molecule has 0 atom stereocenters. The molecule has 96 valence electrons. The van der Waals surface area contributed by atoms with Crippen molar-refractivity contribution in [1.29, 1.82) is 5.26 Å². The van der Waals surface area contributed by atoms with Gasteiger partial charge in [-0.25, -0.2) is 8.78 Å². The summed E-state index contributed by atoms with van der Waals surface area (Å²) >= 11 is 0. The summed E-state index contributed by atoms with van der Waals surface area (Å²) in [5, 5.41) is 11.5. The molecule has 0 radical (unpaired) electrons. The number of piperidine rings is 1. The maximum atomic E-state index is 13.7. The standard InChI is InChI=1S/C13H15F2N3/c1-18-4-2-10(3-5-18)17-13-11(14)6-9(8-16)7-12(13)15/h6-7,10,17H,2-5H2,1H3. The summed E-state index contributed by atoms with van der Waals surface area (Å²) in [6.45, 7) is 1.83. The maximum absolute atomic E-state index is 13.7. The number of nitrogens with one attached hydrogen (secondary N) is 1. The van der Waals surface area contributed by atoms with Gasteiger partial charge in [0.15, 0.2) is 11.6 Å². The number of benzene rings is 1. The van der Waals surface area contributed by atoms with Gasteiger partial charge in [-0.15, -0.1) is 0 Å². The Kier molecular flexibility index (Phi) is 3.78. The van der Waals surface area contributed by atoms with Gasteiger partial charge in [-0.05, 0) is 45.1 Å². The van der Waals surface area contributed by atoms with Gasteiger partial charge in [-0.2, -0.15) is 5.26 Å². The summed E-state index contributed by atoms with van der Waals surface area (Å²) in [5.41, 5.74) is -0.123. The molecule has 1 aromatic rings. The molecule has 2 rings (SSSR count). The smallest absolute Gasteiger partial charge is 0.150 e. The van der Waals surface area contributed by atoms with E-state index in [1.165, 1.54) is 0 Å². The average molecular weight is 251 g/mol. The highest BCUT2D eigenvalue weighted by Crippen LogP contribution is 2.23. The Bertz CT molecular complexity index is 451. The second-order valence-corrected chi connectivity index (χ2v) is 4.65. The van der Waals surface area contributed by atoms with Gasteiger partial charge in [-0.3, -0.25) is 0 Å². The Morgan fingerprint density at radius 2 is 1.83 bits per heavy atom. The lowest BCUT2D eigenvalue weighted by molar-refractivity contribution is 0.263. The predicted molar refractivity (Wildman–Crippen MR) is 65.2 cm³/mol. The van der Waals surface area contributed by atoms with Gasteiger partial charge in [0.1, 0.15) is 5.69 Å². The van der Waals surface area contributed by atoms with Gasteiger partial charge < -0.3 is 10.2 Å². The van der Waals surface area contributed by atoms with Crippen LogP contribution in [0.25, 0.3) is 0 Å². The van der Waals surface area contributed by atoms with Gasteiger partial charge in [0, 0.05) is 6.04 Å². The molecule has 0 unspecified atom stereocenters. The minimum atomic E-state index is -0.703. The van der Waals surface area contributed by atoms with Crippen LogP contribution < -0.4 is 5.32 Å². The molecule has 1 saturated heterocycles. The van der Waals surface area contributed by atoms with Crippen LogP contribution >= 0.6 is 0 Å². The molecule has 0 saturated carbocycles. The van der Waals surface area contributed by atoms with Gasteiger partial charge in [0.2, 0.25) is 0 Å². The van der Waals surface area contributed by atoms with Crippen molar-refractivity contribution >= 4 is 5.69 Å². The van der Waals surface area contributed by atoms with Crippen molar-refractivity contribution in [2.75, 3.05) is 25.5 Å². The first-order valence-electron chi connectivity index (χ1n) is 5.94. The van der Waals surface area contributed by atoms with Gasteiger partial charge >= 0.3 is 0 Å². The first-order chi connectivity index (χ1) is 8.60. The third kappa shape index (κ3) is 2.77. The summed E-state index contributed by atoms with van der Waals surface area (Å²) < 4.78 is 27.3. The molecule has 1 heterocycles. The Balaban J connectivity index is 2.12. The van der Waals surface area contributed by atoms with Crippen molar-refractivity contribution in [2.45, 2.75) is 18.9 Å². The Morgan fingerprint density at radius 1 is 1.28 bits per heavy atom. The van der Waals surface area contributed by atoms with Crippen molar-refractivity contribution in [1.82, 2.24) is 4.90 Å². The highest BCUT2D eigenvalue weighted by Gasteiger charge is 2.19. The van der Waals surface area contributed by atoms with Crippen molar-refractivity contribution in [3.8, 4) is 6.07 Å². The Morgan fingerprint density at radius 3 is 2.33 bits per heavy atom. The zero-order chi connectivity index (χ0) is 13.1. The summed E-state index contributed by atoms with van der Waals surface area (Å²) in [6.07, 6.45) is 1.71. The van der Waals surface area contributed by atoms with Crippen LogP contribution in [-0.4, -0.2) is 31.1 Å². The molecule has 0 aromatic heterocycles. The largest absolute Gasteiger partial charge is 0.377 e. The Hall–Kier alpha value is -1.67. The topological polar surface area (TPSA) is 39.1 Å². The minimum Gasteiger partial charge on any atom is -0.377 e. The van der Waals surface area contributed by atoms with Gasteiger partial charge in [-0.1, -0.05) is 0 Å². The van der Waals surface area contributed by atoms with Crippen molar-refractivity contribution < 1.29 is 8.78 Å². The lowest BCUT2D eigenvalue weighted by Crippen LogP contribution is -2.37. The first kappa shape index (κ1) is 12.8. The van der Waals surface area contributed by atoms with Crippen LogP contribution in [0.15, 0.2) is 12.1 Å². The lowest BCUT2D eigenvalue weighted by Gasteiger charge is -2.30. The van der Waals surface area contributed by atoms with Crippen LogP contribution in [0.2, 0.25) is 0 Å². The summed E-state index contributed by atoms with van der Waals surface area (Å²) in [7, 11) is 2.03. The summed E-state index contributed by atoms with van der Waals surface area (Å²) in [4.78, 5) is 2.18. The highest BCUT2D eigenvalue weighted by atomic mass is 19.1. The monoisotopic (exact) mass is 251 g/mol. The van der Waals surface area contributed by atoms with Gasteiger partial charge in [0.25, 0.3) is 0 Å². The number of nitrogens with zero attached hydrogens (tertiary/aromatic N) is 2. The van der Waals surface area contributed by atoms with Crippen LogP contribution in [0.5, 0.6) is 0 Å². The maximum Gasteiger partial charge on any atom is 0.150 e. The summed E-state index contributed by atoms with van der Waals surface area (Å²) in [5.74, 6) is -1.41. The van der Waals surface area contributed by atoms with Crippen molar-refractivity contribution in [3.05, 3.63) is 29.3 Å². The highest BCUT2D eigenvalue weighted by molar-refractivity contribution is 5.51. The number of halogens is 2. The van der Waals surface area contributed by atoms with E-state index in [4.69, 9.17) is 5.26 Å². The van der Waals surface area contributed by atoms with E-state index in [0.29, 0.717) is 0 Å². The third-order valence-corrected chi connectivity index (χ3v) is 3.24. The molecule has 0 bridgehead atoms. The van der Waals surface area contributed by atoms with Gasteiger partial charge in [0.05, 0.1) is 11.6 Å². The molecule has 0 amide bonds. The second kappa shape index (κ2) is 5.32. The third-order valence-electron chi connectivity index (χ3n) is 3.24. The number of rotatable bonds is 2. The molecular weight excluding hydrogens is 236 g/mol. The van der Waals surface area contributed by atoms with Crippen LogP contribution in [0.3, 0.4) is 0 Å². The zero-order valence-corrected chi connectivity index (χ0v) is 10.2. The fourth-order valence-electron chi connectivity index (χ4n) is 2.13. The molecule has 1 N–H and O–H groups in total. The molecule has 5 heteroatoms. The molecular formula is C13H15F2N3. The normalized spacial score (nSPS) is 17.4. The Labute approximate surface area is 105 Å². The number of anilines is 1. The molecule has 0 spiro atoms. The second-order valence-electron chi connectivity index (χ2n) is 4.65. The number of hydrogen-bond acceptors (Lipinski definition) is 3. The van der Waals surface area contributed by atoms with E-state index in [9.17, 15) is 8.78 Å². The van der Waals surface area contributed by atoms with Crippen molar-refractivity contribution in [2.24, 2.45) is 0 Å². The fourth-order valence-corrected chi connectivity index (χ4v) is 2.13. The SMILES string of the molecule is CN1CCC(Nc2c(F)cc(C#N)cc2F)CC1. The van der Waals surface area contributed by atoms with E-state index in [2.05, 4.69) is 10.2 Å². The van der Waals surface area contributed by atoms with E-state index in [0.717, 1.165) is 38.1 Å². The first-order valence-corrected chi connectivity index (χ1v) is 5.94. The summed E-state index contributed by atoms with van der Waals surface area (Å²) in [6, 6.07) is 3.92. The zero-order valence-electron chi connectivity index (χ0n) is 10.2. The van der Waals surface area contributed by atoms with Crippen molar-refractivity contribution in [3.63, 3.8) is 0 Å². The average Bonchev–Trinajstić information content (AvgIpc) is 2.35. The molecule has 1 aliphatic rings. The predicted octanol–water partition coefficient (Wildman–Crippen LogP) is 2.34. The number of nitriles is 1. The van der Waals surface area contributed by atoms with Crippen LogP contribution in [-0.2, 0) is 0 Å². The van der Waals surface area contributed by atoms with Crippen LogP contribution in [0, 0.1) is 23.0 Å². The molecule has 3 nitrogen and oxygen atoms in total. The molecule has 1 aromatic carbocycles. The van der Waals surface area contributed by atoms with E-state index in [-0.39, 0.29) is 17.3 Å². The molecule has 18 heavy (non-hydrogen) atoms. The van der Waals surface area contributed by atoms with E-state index >= 15 is 0 Å². The number of likely N-dealkylation sites (tertiary alicyclic amines) is 1. The molecule has 1 aliphatic heterocycles. The fraction of sp³-hybridized carbons (Fsp3) is 0.462.